The van der Waals surface area contributed by atoms with Gasteiger partial charge in [0.2, 0.25) is 0 Å². The highest BCUT2D eigenvalue weighted by molar-refractivity contribution is 5.80. The Morgan fingerprint density at radius 1 is 1.63 bits per heavy atom. The van der Waals surface area contributed by atoms with E-state index in [9.17, 15) is 0 Å². The maximum absolute atomic E-state index is 5.31. The van der Waals surface area contributed by atoms with E-state index in [1.807, 2.05) is 12.1 Å². The first-order chi connectivity index (χ1) is 9.33. The fourth-order valence-corrected chi connectivity index (χ4v) is 2.38. The van der Waals surface area contributed by atoms with E-state index in [4.69, 9.17) is 9.15 Å². The molecule has 0 aromatic carbocycles. The third-order valence-corrected chi connectivity index (χ3v) is 3.29. The predicted molar refractivity (Wildman–Crippen MR) is 75.1 cm³/mol. The summed E-state index contributed by atoms with van der Waals surface area (Å²) >= 11 is 0. The van der Waals surface area contributed by atoms with Crippen LogP contribution in [0.3, 0.4) is 0 Å². The Balaban J connectivity index is 1.93. The number of ether oxygens (including phenoxy) is 1. The minimum Gasteiger partial charge on any atom is -0.467 e. The van der Waals surface area contributed by atoms with E-state index in [0.29, 0.717) is 12.5 Å². The second kappa shape index (κ2) is 7.19. The largest absolute Gasteiger partial charge is 0.467 e. The molecule has 0 amide bonds. The summed E-state index contributed by atoms with van der Waals surface area (Å²) in [6.07, 6.45) is 2.85. The van der Waals surface area contributed by atoms with Gasteiger partial charge < -0.3 is 19.4 Å². The summed E-state index contributed by atoms with van der Waals surface area (Å²) in [5.74, 6) is 2.47. The van der Waals surface area contributed by atoms with Crippen molar-refractivity contribution in [1.82, 2.24) is 10.2 Å². The van der Waals surface area contributed by atoms with Crippen molar-refractivity contribution in [2.24, 2.45) is 10.9 Å². The van der Waals surface area contributed by atoms with Gasteiger partial charge in [0.1, 0.15) is 12.3 Å². The van der Waals surface area contributed by atoms with Crippen molar-refractivity contribution in [1.29, 1.82) is 0 Å². The van der Waals surface area contributed by atoms with Gasteiger partial charge >= 0.3 is 0 Å². The summed E-state index contributed by atoms with van der Waals surface area (Å²) < 4.78 is 10.5. The molecule has 1 atom stereocenters. The van der Waals surface area contributed by atoms with Crippen molar-refractivity contribution in [2.75, 3.05) is 33.4 Å². The Morgan fingerprint density at radius 2 is 2.53 bits per heavy atom. The second-order valence-electron chi connectivity index (χ2n) is 4.81. The number of guanidine groups is 1. The molecule has 106 valence electrons. The summed E-state index contributed by atoms with van der Waals surface area (Å²) in [6.45, 7) is 6.43. The Labute approximate surface area is 114 Å². The first kappa shape index (κ1) is 13.9. The van der Waals surface area contributed by atoms with E-state index in [-0.39, 0.29) is 0 Å². The normalized spacial score (nSPS) is 20.0. The molecule has 5 nitrogen and oxygen atoms in total. The molecule has 1 N–H and O–H groups in total. The zero-order valence-electron chi connectivity index (χ0n) is 11.8. The summed E-state index contributed by atoms with van der Waals surface area (Å²) in [4.78, 5) is 6.93. The molecule has 5 heteroatoms. The van der Waals surface area contributed by atoms with Crippen LogP contribution in [0.25, 0.3) is 0 Å². The highest BCUT2D eigenvalue weighted by Gasteiger charge is 2.24. The van der Waals surface area contributed by atoms with Gasteiger partial charge in [-0.1, -0.05) is 0 Å². The molecule has 1 fully saturated rings. The Hall–Kier alpha value is -1.49. The second-order valence-corrected chi connectivity index (χ2v) is 4.81. The quantitative estimate of drug-likeness (QED) is 0.650. The maximum Gasteiger partial charge on any atom is 0.194 e. The van der Waals surface area contributed by atoms with Gasteiger partial charge in [-0.2, -0.15) is 0 Å². The van der Waals surface area contributed by atoms with Gasteiger partial charge in [0, 0.05) is 32.7 Å². The summed E-state index contributed by atoms with van der Waals surface area (Å²) in [7, 11) is 1.76. The first-order valence-corrected chi connectivity index (χ1v) is 6.88. The number of aliphatic imine (C=N–C) groups is 1. The SMILES string of the molecule is CCNC(=NCc1ccco1)N1CCC(COC)C1. The maximum atomic E-state index is 5.31. The topological polar surface area (TPSA) is 50.0 Å². The van der Waals surface area contributed by atoms with Crippen molar-refractivity contribution in [3.63, 3.8) is 0 Å². The van der Waals surface area contributed by atoms with Gasteiger partial charge in [-0.05, 0) is 25.5 Å². The number of nitrogens with one attached hydrogen (secondary N) is 1. The Kier molecular flexibility index (Phi) is 5.27. The van der Waals surface area contributed by atoms with Crippen LogP contribution in [0.2, 0.25) is 0 Å². The number of likely N-dealkylation sites (tertiary alicyclic amines) is 1. The fourth-order valence-electron chi connectivity index (χ4n) is 2.38. The van der Waals surface area contributed by atoms with Crippen LogP contribution in [0.4, 0.5) is 0 Å². The van der Waals surface area contributed by atoms with Crippen molar-refractivity contribution < 1.29 is 9.15 Å². The smallest absolute Gasteiger partial charge is 0.194 e. The molecule has 1 unspecified atom stereocenters. The lowest BCUT2D eigenvalue weighted by Gasteiger charge is -2.21. The van der Waals surface area contributed by atoms with E-state index in [1.54, 1.807) is 13.4 Å². The average molecular weight is 265 g/mol. The van der Waals surface area contributed by atoms with Crippen LogP contribution in [-0.2, 0) is 11.3 Å². The fraction of sp³-hybridized carbons (Fsp3) is 0.643. The minimum absolute atomic E-state index is 0.584. The lowest BCUT2D eigenvalue weighted by atomic mass is 10.1. The highest BCUT2D eigenvalue weighted by atomic mass is 16.5. The number of hydrogen-bond donors (Lipinski definition) is 1. The molecule has 0 bridgehead atoms. The van der Waals surface area contributed by atoms with E-state index < -0.39 is 0 Å². The molecule has 1 aliphatic rings. The van der Waals surface area contributed by atoms with Crippen molar-refractivity contribution in [3.05, 3.63) is 24.2 Å². The molecule has 2 rings (SSSR count). The van der Waals surface area contributed by atoms with Crippen LogP contribution in [0, 0.1) is 5.92 Å². The monoisotopic (exact) mass is 265 g/mol. The molecule has 0 saturated carbocycles. The molecule has 19 heavy (non-hydrogen) atoms. The average Bonchev–Trinajstić information content (AvgIpc) is 3.06. The number of furan rings is 1. The van der Waals surface area contributed by atoms with E-state index in [0.717, 1.165) is 38.0 Å². The number of hydrogen-bond acceptors (Lipinski definition) is 3. The van der Waals surface area contributed by atoms with E-state index in [2.05, 4.69) is 22.1 Å². The highest BCUT2D eigenvalue weighted by Crippen LogP contribution is 2.16. The number of nitrogens with zero attached hydrogens (tertiary/aromatic N) is 2. The van der Waals surface area contributed by atoms with Crippen molar-refractivity contribution in [3.8, 4) is 0 Å². The van der Waals surface area contributed by atoms with E-state index in [1.165, 1.54) is 6.42 Å². The molecular formula is C14H23N3O2. The zero-order valence-corrected chi connectivity index (χ0v) is 11.8. The Morgan fingerprint density at radius 3 is 3.21 bits per heavy atom. The molecule has 1 aliphatic heterocycles. The van der Waals surface area contributed by atoms with Crippen LogP contribution in [0.5, 0.6) is 0 Å². The van der Waals surface area contributed by atoms with Gasteiger partial charge in [0.25, 0.3) is 0 Å². The first-order valence-electron chi connectivity index (χ1n) is 6.88. The summed E-state index contributed by atoms with van der Waals surface area (Å²) in [5.41, 5.74) is 0. The molecule has 1 aromatic heterocycles. The zero-order chi connectivity index (χ0) is 13.5. The van der Waals surface area contributed by atoms with Gasteiger partial charge in [-0.25, -0.2) is 4.99 Å². The van der Waals surface area contributed by atoms with Crippen LogP contribution in [0.1, 0.15) is 19.1 Å². The predicted octanol–water partition coefficient (Wildman–Crippen LogP) is 1.71. The standard InChI is InChI=1S/C14H23N3O2/c1-3-15-14(16-9-13-5-4-8-19-13)17-7-6-12(10-17)11-18-2/h4-5,8,12H,3,6-7,9-11H2,1-2H3,(H,15,16). The molecule has 1 saturated heterocycles. The van der Waals surface area contributed by atoms with Crippen molar-refractivity contribution in [2.45, 2.75) is 19.9 Å². The third-order valence-electron chi connectivity index (χ3n) is 3.29. The number of methoxy groups -OCH3 is 1. The van der Waals surface area contributed by atoms with Gasteiger partial charge in [0.15, 0.2) is 5.96 Å². The minimum atomic E-state index is 0.584. The third kappa shape index (κ3) is 3.99. The van der Waals surface area contributed by atoms with Crippen molar-refractivity contribution >= 4 is 5.96 Å². The lowest BCUT2D eigenvalue weighted by molar-refractivity contribution is 0.157. The van der Waals surface area contributed by atoms with Crippen LogP contribution < -0.4 is 5.32 Å². The molecule has 2 heterocycles. The van der Waals surface area contributed by atoms with Crippen LogP contribution >= 0.6 is 0 Å². The lowest BCUT2D eigenvalue weighted by Crippen LogP contribution is -2.40. The van der Waals surface area contributed by atoms with Gasteiger partial charge in [-0.15, -0.1) is 0 Å². The Bertz CT molecular complexity index is 389. The molecule has 1 aromatic rings. The number of rotatable bonds is 5. The van der Waals surface area contributed by atoms with Crippen LogP contribution in [0.15, 0.2) is 27.8 Å². The van der Waals surface area contributed by atoms with Gasteiger partial charge in [-0.3, -0.25) is 0 Å². The summed E-state index contributed by atoms with van der Waals surface area (Å²) in [6, 6.07) is 3.84. The molecule has 0 radical (unpaired) electrons. The molecule has 0 aliphatic carbocycles. The van der Waals surface area contributed by atoms with Crippen LogP contribution in [-0.4, -0.2) is 44.2 Å². The molecular weight excluding hydrogens is 242 g/mol. The van der Waals surface area contributed by atoms with Gasteiger partial charge in [0.05, 0.1) is 12.9 Å². The summed E-state index contributed by atoms with van der Waals surface area (Å²) in [5, 5.41) is 3.34. The molecule has 0 spiro atoms. The van der Waals surface area contributed by atoms with E-state index >= 15 is 0 Å².